The van der Waals surface area contributed by atoms with E-state index in [9.17, 15) is 77.4 Å². The molecule has 0 spiro atoms. The molecule has 0 bridgehead atoms. The highest BCUT2D eigenvalue weighted by Gasteiger charge is 2.52. The normalized spacial score (nSPS) is 20.1. The smallest absolute Gasteiger partial charge is 0.481 e. The Morgan fingerprint density at radius 3 is 2.31 bits per heavy atom. The van der Waals surface area contributed by atoms with Gasteiger partial charge < -0.3 is 76.2 Å². The van der Waals surface area contributed by atoms with Crippen LogP contribution in [0.1, 0.15) is 56.2 Å². The Balaban J connectivity index is 1.21. The molecule has 1 fully saturated rings. The third kappa shape index (κ3) is 18.5. The predicted molar refractivity (Wildman–Crippen MR) is 241 cm³/mol. The number of phosphoric ester groups is 4. The van der Waals surface area contributed by atoms with Crippen LogP contribution >= 0.6 is 43.1 Å². The Bertz CT molecular complexity index is 2620. The standard InChI is InChI=1S/C34H53N9O24P4S/c1-17-25(47)19(18(10-38-17)12-62-68(52,53)54)11-39-20(4-5-23(45)46)33(51)72-9-8-36-22(44)6-7-37-31(50)28(49)34(2,3)14-64-71(60,61)67-70(58,59)63-13-21-27(66-69(55,56)57)26(48)32(65-21)43-16-42-24-29(35)40-15-41-30(24)43/h10,15-16,20-21,26-28,32,39,48-49H,4-9,11-14H2,1-3H3,(H12,35,36,37,40,41,44,45,46,47,50,52,53,54,55,56,57,58,59,60,61)/p+1. The molecule has 404 valence electrons. The second-order valence-corrected chi connectivity index (χ2v) is 22.7. The maximum absolute atomic E-state index is 13.1. The number of H-pyrrole nitrogens is 1. The second-order valence-electron chi connectivity index (χ2n) is 16.1. The van der Waals surface area contributed by atoms with Crippen molar-refractivity contribution in [2.45, 2.75) is 89.9 Å². The molecule has 2 amide bonds. The number of fused-ring (bicyclic) bond motifs is 1. The number of pyridine rings is 1. The Hall–Kier alpha value is -3.95. The van der Waals surface area contributed by atoms with E-state index >= 15 is 0 Å². The van der Waals surface area contributed by atoms with Gasteiger partial charge in [0.2, 0.25) is 28.7 Å². The SMILES string of the molecule is Cc1ncc(COP(=O)(O)O)c(CNC(CCC(=O)O)C(=O)SCCNC(=O)CCNC(=O)C(O)C(C)(C)COP(=O)(O)OP(=O)(O)OCC2OC([n+]3c[nH]c4c(N)ncnc43)C(O)C2OP(=O)(O)O)c1O. The van der Waals surface area contributed by atoms with E-state index in [2.05, 4.69) is 49.2 Å². The van der Waals surface area contributed by atoms with Crippen LogP contribution in [0.25, 0.3) is 11.2 Å². The van der Waals surface area contributed by atoms with Crippen molar-refractivity contribution < 1.29 is 119 Å². The Labute approximate surface area is 411 Å². The molecule has 0 aromatic carbocycles. The van der Waals surface area contributed by atoms with Crippen molar-refractivity contribution >= 4 is 82.9 Å². The van der Waals surface area contributed by atoms with E-state index in [4.69, 9.17) is 29.3 Å². The number of aryl methyl sites for hydroxylation is 1. The molecule has 8 unspecified atom stereocenters. The van der Waals surface area contributed by atoms with Crippen molar-refractivity contribution in [3.63, 3.8) is 0 Å². The van der Waals surface area contributed by atoms with Gasteiger partial charge in [0.1, 0.15) is 30.2 Å². The number of aromatic nitrogens is 5. The number of thioether (sulfide) groups is 1. The predicted octanol–water partition coefficient (Wildman–Crippen LogP) is -1.87. The van der Waals surface area contributed by atoms with Gasteiger partial charge in [0.15, 0.2) is 18.5 Å². The first-order chi connectivity index (χ1) is 33.3. The molecule has 0 saturated carbocycles. The summed E-state index contributed by atoms with van der Waals surface area (Å²) in [5.41, 5.74) is 4.65. The van der Waals surface area contributed by atoms with Gasteiger partial charge in [-0.15, -0.1) is 0 Å². The molecule has 3 aromatic heterocycles. The van der Waals surface area contributed by atoms with E-state index in [1.807, 2.05) is 0 Å². The minimum absolute atomic E-state index is 0.000557. The molecule has 8 atom stereocenters. The highest BCUT2D eigenvalue weighted by molar-refractivity contribution is 8.13. The summed E-state index contributed by atoms with van der Waals surface area (Å²) in [4.78, 5) is 122. The number of anilines is 1. The number of hydrogen-bond acceptors (Lipinski definition) is 23. The molecule has 0 radical (unpaired) electrons. The molecule has 1 aliphatic rings. The van der Waals surface area contributed by atoms with Crippen LogP contribution in [-0.2, 0) is 77.7 Å². The molecular formula is C34H54N9O24P4S+. The molecule has 0 aliphatic carbocycles. The van der Waals surface area contributed by atoms with E-state index in [0.717, 1.165) is 22.7 Å². The maximum atomic E-state index is 13.1. The summed E-state index contributed by atoms with van der Waals surface area (Å²) in [6.45, 7) is 0.385. The zero-order valence-electron chi connectivity index (χ0n) is 38.0. The lowest BCUT2D eigenvalue weighted by Crippen LogP contribution is -2.46. The summed E-state index contributed by atoms with van der Waals surface area (Å²) < 4.78 is 78.2. The molecular weight excluding hydrogens is 1070 g/mol. The van der Waals surface area contributed by atoms with Gasteiger partial charge >= 0.3 is 42.9 Å². The molecule has 4 rings (SSSR count). The number of aromatic amines is 1. The monoisotopic (exact) mass is 1130 g/mol. The van der Waals surface area contributed by atoms with Crippen LogP contribution in [0.15, 0.2) is 18.9 Å². The van der Waals surface area contributed by atoms with Gasteiger partial charge in [0.05, 0.1) is 31.6 Å². The largest absolute Gasteiger partial charge is 0.506 e. The number of nitrogens with one attached hydrogen (secondary N) is 4. The van der Waals surface area contributed by atoms with Crippen LogP contribution in [0, 0.1) is 12.3 Å². The molecule has 1 aliphatic heterocycles. The summed E-state index contributed by atoms with van der Waals surface area (Å²) in [5, 5.41) is 48.5. The van der Waals surface area contributed by atoms with Crippen LogP contribution in [0.5, 0.6) is 5.75 Å². The number of nitrogens with two attached hydrogens (primary N) is 1. The lowest BCUT2D eigenvalue weighted by Gasteiger charge is -2.30. The number of phosphoric acid groups is 4. The van der Waals surface area contributed by atoms with Gasteiger partial charge in [-0.05, 0) is 13.3 Å². The summed E-state index contributed by atoms with van der Waals surface area (Å²) in [6, 6.07) is -1.09. The lowest BCUT2D eigenvalue weighted by atomic mass is 9.87. The Kier molecular flexibility index (Phi) is 21.5. The number of amides is 2. The van der Waals surface area contributed by atoms with Crippen LogP contribution in [-0.4, -0.2) is 155 Å². The first-order valence-electron chi connectivity index (χ1n) is 20.7. The highest BCUT2D eigenvalue weighted by Crippen LogP contribution is 2.61. The highest BCUT2D eigenvalue weighted by atomic mass is 32.2. The number of carboxylic acid groups (broad SMARTS) is 1. The number of aliphatic hydroxyl groups excluding tert-OH is 2. The first-order valence-corrected chi connectivity index (χ1v) is 27.8. The van der Waals surface area contributed by atoms with Gasteiger partial charge in [-0.2, -0.15) is 9.29 Å². The number of nitrogen functional groups attached to an aromatic ring is 1. The summed E-state index contributed by atoms with van der Waals surface area (Å²) >= 11 is 0.733. The molecule has 16 N–H and O–H groups in total. The van der Waals surface area contributed by atoms with Gasteiger partial charge in [0.25, 0.3) is 0 Å². The number of carbonyl (C=O) groups excluding carboxylic acids is 3. The van der Waals surface area contributed by atoms with E-state index in [1.54, 1.807) is 0 Å². The summed E-state index contributed by atoms with van der Waals surface area (Å²) in [7, 11) is -21.5. The zero-order chi connectivity index (χ0) is 54.0. The molecule has 33 nitrogen and oxygen atoms in total. The lowest BCUT2D eigenvalue weighted by molar-refractivity contribution is -0.745. The number of ether oxygens (including phenoxy) is 1. The number of carbonyl (C=O) groups is 4. The quantitative estimate of drug-likeness (QED) is 0.0206. The van der Waals surface area contributed by atoms with E-state index in [0.29, 0.717) is 0 Å². The number of imidazole rings is 1. The maximum Gasteiger partial charge on any atom is 0.481 e. The van der Waals surface area contributed by atoms with Gasteiger partial charge in [-0.1, -0.05) is 30.6 Å². The molecule has 1 saturated heterocycles. The van der Waals surface area contributed by atoms with Crippen molar-refractivity contribution in [1.29, 1.82) is 0 Å². The van der Waals surface area contributed by atoms with E-state index in [-0.39, 0.29) is 77.8 Å². The zero-order valence-corrected chi connectivity index (χ0v) is 42.4. The molecule has 4 heterocycles. The average molecular weight is 1130 g/mol. The van der Waals surface area contributed by atoms with Crippen LogP contribution in [0.2, 0.25) is 0 Å². The average Bonchev–Trinajstić information content (AvgIpc) is 3.83. The first kappa shape index (κ1) is 60.6. The number of rotatable bonds is 29. The van der Waals surface area contributed by atoms with Crippen molar-refractivity contribution in [2.24, 2.45) is 5.41 Å². The molecule has 38 heteroatoms. The van der Waals surface area contributed by atoms with Crippen LogP contribution in [0.3, 0.4) is 0 Å². The number of hydrogen-bond donors (Lipinski definition) is 15. The summed E-state index contributed by atoms with van der Waals surface area (Å²) in [6.07, 6.45) is -6.60. The minimum Gasteiger partial charge on any atom is -0.506 e. The molecule has 3 aromatic rings. The third-order valence-corrected chi connectivity index (χ3v) is 14.6. The number of carboxylic acids is 1. The number of aromatic hydroxyl groups is 1. The van der Waals surface area contributed by atoms with Gasteiger partial charge in [-0.3, -0.25) is 47.2 Å². The van der Waals surface area contributed by atoms with Gasteiger partial charge in [-0.25, -0.2) is 22.8 Å². The van der Waals surface area contributed by atoms with Crippen molar-refractivity contribution in [2.75, 3.05) is 37.8 Å². The Morgan fingerprint density at radius 1 is 0.972 bits per heavy atom. The topological polar surface area (TPSA) is 515 Å². The van der Waals surface area contributed by atoms with Crippen molar-refractivity contribution in [1.82, 2.24) is 35.9 Å². The minimum atomic E-state index is -5.64. The fourth-order valence-electron chi connectivity index (χ4n) is 6.39. The molecule has 72 heavy (non-hydrogen) atoms. The number of aliphatic carboxylic acids is 1. The van der Waals surface area contributed by atoms with E-state index in [1.165, 1.54) is 33.3 Å². The van der Waals surface area contributed by atoms with Gasteiger partial charge in [0, 0.05) is 61.0 Å². The van der Waals surface area contributed by atoms with Crippen LogP contribution < -0.4 is 26.3 Å². The van der Waals surface area contributed by atoms with Crippen molar-refractivity contribution in [3.05, 3.63) is 35.7 Å². The summed E-state index contributed by atoms with van der Waals surface area (Å²) in [5.74, 6) is -3.26. The second kappa shape index (κ2) is 25.5. The number of aliphatic hydroxyl groups is 2. The van der Waals surface area contributed by atoms with Crippen LogP contribution in [0.4, 0.5) is 5.82 Å². The fraction of sp³-hybridized carbons (Fsp3) is 0.588. The fourth-order valence-corrected chi connectivity index (χ4v) is 10.3. The van der Waals surface area contributed by atoms with Crippen molar-refractivity contribution in [3.8, 4) is 5.75 Å². The third-order valence-electron chi connectivity index (χ3n) is 10.1. The number of nitrogens with zero attached hydrogens (tertiary/aromatic N) is 4. The Morgan fingerprint density at radius 2 is 1.65 bits per heavy atom. The van der Waals surface area contributed by atoms with E-state index < -0.39 is 123 Å².